The topological polar surface area (TPSA) is 54.4 Å². The Bertz CT molecular complexity index is 312. The quantitative estimate of drug-likeness (QED) is 0.238. The number of Topliss-reactive ketones (excluding diaryl/α,β-unsaturated/α-hetero) is 1. The number of hydrogen-bond donors (Lipinski definition) is 1. The molecule has 148 valence electrons. The molecule has 0 radical (unpaired) electrons. The second-order valence-electron chi connectivity index (χ2n) is 7.49. The fourth-order valence-corrected chi connectivity index (χ4v) is 3.26. The molecule has 0 fully saturated rings. The molecule has 0 unspecified atom stereocenters. The van der Waals surface area contributed by atoms with Crippen molar-refractivity contribution in [1.29, 1.82) is 0 Å². The molecule has 0 spiro atoms. The van der Waals surface area contributed by atoms with Gasteiger partial charge in [-0.15, -0.1) is 0 Å². The third kappa shape index (κ3) is 21.1. The van der Waals surface area contributed by atoms with Crippen LogP contribution in [0.5, 0.6) is 0 Å². The Morgan fingerprint density at radius 1 is 0.520 bits per heavy atom. The summed E-state index contributed by atoms with van der Waals surface area (Å²) in [6, 6.07) is 0. The Balaban J connectivity index is 3.11. The van der Waals surface area contributed by atoms with Crippen LogP contribution in [0.25, 0.3) is 0 Å². The molecule has 0 amide bonds. The first-order valence-electron chi connectivity index (χ1n) is 10.9. The lowest BCUT2D eigenvalue weighted by molar-refractivity contribution is -0.137. The summed E-state index contributed by atoms with van der Waals surface area (Å²) < 4.78 is 0. The zero-order valence-corrected chi connectivity index (χ0v) is 16.7. The van der Waals surface area contributed by atoms with Gasteiger partial charge in [0.15, 0.2) is 0 Å². The van der Waals surface area contributed by atoms with E-state index >= 15 is 0 Å². The highest BCUT2D eigenvalue weighted by atomic mass is 16.4. The average Bonchev–Trinajstić information content (AvgIpc) is 2.58. The number of carbonyl (C=O) groups excluding carboxylic acids is 1. The van der Waals surface area contributed by atoms with Crippen LogP contribution in [-0.4, -0.2) is 16.9 Å². The maximum absolute atomic E-state index is 11.6. The van der Waals surface area contributed by atoms with Crippen molar-refractivity contribution < 1.29 is 14.7 Å². The molecule has 0 bridgehead atoms. The van der Waals surface area contributed by atoms with E-state index in [2.05, 4.69) is 6.92 Å². The van der Waals surface area contributed by atoms with Gasteiger partial charge in [0.2, 0.25) is 0 Å². The number of unbranched alkanes of at least 4 members (excludes halogenated alkanes) is 14. The summed E-state index contributed by atoms with van der Waals surface area (Å²) in [5.41, 5.74) is 0. The van der Waals surface area contributed by atoms with Gasteiger partial charge in [0.1, 0.15) is 5.78 Å². The summed E-state index contributed by atoms with van der Waals surface area (Å²) in [7, 11) is 0. The fraction of sp³-hybridized carbons (Fsp3) is 0.909. The summed E-state index contributed by atoms with van der Waals surface area (Å²) in [6.45, 7) is 2.27. The van der Waals surface area contributed by atoms with E-state index in [9.17, 15) is 9.59 Å². The molecule has 0 saturated carbocycles. The van der Waals surface area contributed by atoms with Crippen molar-refractivity contribution in [3.05, 3.63) is 0 Å². The molecule has 25 heavy (non-hydrogen) atoms. The van der Waals surface area contributed by atoms with Crippen LogP contribution >= 0.6 is 0 Å². The lowest BCUT2D eigenvalue weighted by atomic mass is 10.0. The highest BCUT2D eigenvalue weighted by Gasteiger charge is 2.04. The largest absolute Gasteiger partial charge is 0.481 e. The molecule has 0 atom stereocenters. The van der Waals surface area contributed by atoms with Crippen LogP contribution in [0.3, 0.4) is 0 Å². The van der Waals surface area contributed by atoms with Gasteiger partial charge in [0, 0.05) is 19.3 Å². The minimum absolute atomic E-state index is 0.116. The van der Waals surface area contributed by atoms with Gasteiger partial charge in [-0.05, 0) is 12.8 Å². The normalized spacial score (nSPS) is 10.9. The van der Waals surface area contributed by atoms with Gasteiger partial charge in [-0.25, -0.2) is 0 Å². The predicted octanol–water partition coefficient (Wildman–Crippen LogP) is 7.07. The fourth-order valence-electron chi connectivity index (χ4n) is 3.26. The molecule has 0 aromatic rings. The van der Waals surface area contributed by atoms with E-state index < -0.39 is 5.97 Å². The number of ketones is 1. The number of carboxylic acid groups (broad SMARTS) is 1. The lowest BCUT2D eigenvalue weighted by Crippen LogP contribution is -2.00. The number of hydrogen-bond acceptors (Lipinski definition) is 2. The van der Waals surface area contributed by atoms with Gasteiger partial charge in [0.25, 0.3) is 0 Å². The second-order valence-corrected chi connectivity index (χ2v) is 7.49. The van der Waals surface area contributed by atoms with Crippen molar-refractivity contribution in [2.75, 3.05) is 0 Å². The predicted molar refractivity (Wildman–Crippen MR) is 106 cm³/mol. The lowest BCUT2D eigenvalue weighted by Gasteiger charge is -2.03. The molecule has 1 N–H and O–H groups in total. The van der Waals surface area contributed by atoms with Crippen molar-refractivity contribution in [2.45, 2.75) is 129 Å². The van der Waals surface area contributed by atoms with Gasteiger partial charge in [-0.2, -0.15) is 0 Å². The molecular weight excluding hydrogens is 312 g/mol. The van der Waals surface area contributed by atoms with E-state index in [1.165, 1.54) is 83.5 Å². The van der Waals surface area contributed by atoms with Crippen molar-refractivity contribution in [1.82, 2.24) is 0 Å². The standard InChI is InChI=1S/C22H42O3/c1-2-3-4-5-6-7-8-9-10-11-12-13-14-15-16-18-21(23)19-17-20-22(24)25/h2-20H2,1H3,(H,24,25). The van der Waals surface area contributed by atoms with E-state index in [1.807, 2.05) is 0 Å². The molecule has 0 aromatic heterocycles. The first-order valence-corrected chi connectivity index (χ1v) is 10.9. The van der Waals surface area contributed by atoms with Crippen molar-refractivity contribution in [2.24, 2.45) is 0 Å². The first kappa shape index (κ1) is 24.1. The maximum Gasteiger partial charge on any atom is 0.303 e. The molecule has 0 aromatic carbocycles. The Hall–Kier alpha value is -0.860. The number of aliphatic carboxylic acids is 1. The van der Waals surface area contributed by atoms with Gasteiger partial charge in [-0.1, -0.05) is 96.8 Å². The zero-order chi connectivity index (χ0) is 18.6. The molecule has 0 rings (SSSR count). The Labute approximate surface area is 156 Å². The summed E-state index contributed by atoms with van der Waals surface area (Å²) in [5, 5.41) is 8.53. The molecule has 0 aliphatic carbocycles. The molecule has 0 heterocycles. The van der Waals surface area contributed by atoms with Gasteiger partial charge >= 0.3 is 5.97 Å². The smallest absolute Gasteiger partial charge is 0.303 e. The maximum atomic E-state index is 11.6. The summed E-state index contributed by atoms with van der Waals surface area (Å²) in [5.74, 6) is -0.573. The van der Waals surface area contributed by atoms with E-state index in [1.54, 1.807) is 0 Å². The second kappa shape index (κ2) is 19.5. The average molecular weight is 355 g/mol. The van der Waals surface area contributed by atoms with E-state index in [0.717, 1.165) is 12.8 Å². The minimum atomic E-state index is -0.806. The van der Waals surface area contributed by atoms with Gasteiger partial charge in [-0.3, -0.25) is 9.59 Å². The van der Waals surface area contributed by atoms with E-state index in [-0.39, 0.29) is 12.2 Å². The molecule has 0 saturated heterocycles. The van der Waals surface area contributed by atoms with Crippen molar-refractivity contribution >= 4 is 11.8 Å². The highest BCUT2D eigenvalue weighted by molar-refractivity contribution is 5.78. The Morgan fingerprint density at radius 3 is 1.28 bits per heavy atom. The van der Waals surface area contributed by atoms with Crippen molar-refractivity contribution in [3.8, 4) is 0 Å². The van der Waals surface area contributed by atoms with Crippen LogP contribution in [0.15, 0.2) is 0 Å². The van der Waals surface area contributed by atoms with Crippen LogP contribution in [0.2, 0.25) is 0 Å². The third-order valence-electron chi connectivity index (χ3n) is 4.91. The molecule has 3 nitrogen and oxygen atoms in total. The van der Waals surface area contributed by atoms with E-state index in [0.29, 0.717) is 19.3 Å². The third-order valence-corrected chi connectivity index (χ3v) is 4.91. The highest BCUT2D eigenvalue weighted by Crippen LogP contribution is 2.14. The Kier molecular flexibility index (Phi) is 18.8. The summed E-state index contributed by atoms with van der Waals surface area (Å²) in [6.07, 6.45) is 21.7. The number of carbonyl (C=O) groups is 2. The summed E-state index contributed by atoms with van der Waals surface area (Å²) in [4.78, 5) is 21.9. The molecule has 0 aliphatic rings. The van der Waals surface area contributed by atoms with Gasteiger partial charge in [0.05, 0.1) is 0 Å². The molecule has 0 aliphatic heterocycles. The van der Waals surface area contributed by atoms with Crippen LogP contribution in [0.1, 0.15) is 129 Å². The van der Waals surface area contributed by atoms with Crippen molar-refractivity contribution in [3.63, 3.8) is 0 Å². The SMILES string of the molecule is CCCCCCCCCCCCCCCCCC(=O)CCCC(=O)O. The molecule has 3 heteroatoms. The first-order chi connectivity index (χ1) is 12.2. The Morgan fingerprint density at radius 2 is 0.880 bits per heavy atom. The summed E-state index contributed by atoms with van der Waals surface area (Å²) >= 11 is 0. The monoisotopic (exact) mass is 354 g/mol. The van der Waals surface area contributed by atoms with Crippen LogP contribution in [0.4, 0.5) is 0 Å². The number of carboxylic acids is 1. The minimum Gasteiger partial charge on any atom is -0.481 e. The number of rotatable bonds is 20. The van der Waals surface area contributed by atoms with Crippen LogP contribution in [0, 0.1) is 0 Å². The van der Waals surface area contributed by atoms with Crippen LogP contribution < -0.4 is 0 Å². The zero-order valence-electron chi connectivity index (χ0n) is 16.7. The molecular formula is C22H42O3. The van der Waals surface area contributed by atoms with E-state index in [4.69, 9.17) is 5.11 Å². The van der Waals surface area contributed by atoms with Gasteiger partial charge < -0.3 is 5.11 Å². The van der Waals surface area contributed by atoms with Crippen LogP contribution in [-0.2, 0) is 9.59 Å².